The van der Waals surface area contributed by atoms with Crippen molar-refractivity contribution in [3.63, 3.8) is 0 Å². The van der Waals surface area contributed by atoms with Crippen LogP contribution >= 0.6 is 0 Å². The summed E-state index contributed by atoms with van der Waals surface area (Å²) in [6.07, 6.45) is 7.64. The number of fused-ring (bicyclic) bond motifs is 2. The third kappa shape index (κ3) is 1.42. The fourth-order valence-corrected chi connectivity index (χ4v) is 2.27. The van der Waals surface area contributed by atoms with E-state index in [0.29, 0.717) is 5.92 Å². The van der Waals surface area contributed by atoms with E-state index in [1.54, 1.807) is 0 Å². The predicted octanol–water partition coefficient (Wildman–Crippen LogP) is 1.33. The van der Waals surface area contributed by atoms with Crippen LogP contribution in [0, 0.1) is 12.8 Å². The molecule has 0 radical (unpaired) electrons. The third-order valence-corrected chi connectivity index (χ3v) is 3.12. The molecule has 0 amide bonds. The summed E-state index contributed by atoms with van der Waals surface area (Å²) in [6.45, 7) is 4.06. The van der Waals surface area contributed by atoms with Gasteiger partial charge in [-0.2, -0.15) is 0 Å². The lowest BCUT2D eigenvalue weighted by molar-refractivity contribution is 0.828. The van der Waals surface area contributed by atoms with E-state index in [4.69, 9.17) is 0 Å². The maximum atomic E-state index is 4.65. The monoisotopic (exact) mass is 210 g/mol. The molecule has 2 aliphatic rings. The Bertz CT molecular complexity index is 621. The van der Waals surface area contributed by atoms with Crippen LogP contribution < -0.4 is 10.6 Å². The van der Waals surface area contributed by atoms with E-state index in [-0.39, 0.29) is 0 Å². The Kier molecular flexibility index (Phi) is 2.03. The molecule has 0 fully saturated rings. The number of aromatic nitrogens is 1. The highest BCUT2D eigenvalue weighted by molar-refractivity contribution is 5.97. The Balaban J connectivity index is 2.38. The quantitative estimate of drug-likeness (QED) is 0.634. The largest absolute Gasteiger partial charge is 0.255 e. The van der Waals surface area contributed by atoms with Gasteiger partial charge in [-0.15, -0.1) is 0 Å². The maximum Gasteiger partial charge on any atom is 0.0923 e. The van der Waals surface area contributed by atoms with Gasteiger partial charge in [0, 0.05) is 17.3 Å². The van der Waals surface area contributed by atoms with Crippen molar-refractivity contribution < 1.29 is 0 Å². The van der Waals surface area contributed by atoms with Gasteiger partial charge in [0.2, 0.25) is 0 Å². The topological polar surface area (TPSA) is 25.2 Å². The normalized spacial score (nSPS) is 22.0. The van der Waals surface area contributed by atoms with Gasteiger partial charge in [-0.25, -0.2) is 0 Å². The first-order valence-electron chi connectivity index (χ1n) is 5.65. The van der Waals surface area contributed by atoms with Crippen LogP contribution in [0.2, 0.25) is 0 Å². The van der Waals surface area contributed by atoms with E-state index in [1.165, 1.54) is 5.22 Å². The van der Waals surface area contributed by atoms with E-state index >= 15 is 0 Å². The first kappa shape index (κ1) is 9.52. The van der Waals surface area contributed by atoms with Gasteiger partial charge >= 0.3 is 0 Å². The zero-order chi connectivity index (χ0) is 11.1. The Morgan fingerprint density at radius 1 is 1.25 bits per heavy atom. The molecule has 0 saturated heterocycles. The summed E-state index contributed by atoms with van der Waals surface area (Å²) < 4.78 is 0. The smallest absolute Gasteiger partial charge is 0.0923 e. The maximum absolute atomic E-state index is 4.65. The van der Waals surface area contributed by atoms with Crippen LogP contribution in [-0.4, -0.2) is 10.7 Å². The number of nitrogens with zero attached hydrogens (tertiary/aromatic N) is 2. The average molecular weight is 210 g/mol. The number of allylic oxidation sites excluding steroid dienone is 1. The van der Waals surface area contributed by atoms with Crippen LogP contribution in [-0.2, 0) is 0 Å². The van der Waals surface area contributed by atoms with Gasteiger partial charge in [0.1, 0.15) is 0 Å². The molecular weight excluding hydrogens is 196 g/mol. The first-order chi connectivity index (χ1) is 7.74. The molecule has 0 saturated carbocycles. The number of dihydropyridines is 1. The van der Waals surface area contributed by atoms with Gasteiger partial charge in [0.05, 0.1) is 11.0 Å². The summed E-state index contributed by atoms with van der Waals surface area (Å²) in [5, 5.41) is 2.30. The Hall–Kier alpha value is -1.70. The summed E-state index contributed by atoms with van der Waals surface area (Å²) >= 11 is 0. The van der Waals surface area contributed by atoms with Gasteiger partial charge in [-0.3, -0.25) is 9.98 Å². The van der Waals surface area contributed by atoms with Crippen LogP contribution in [0.3, 0.4) is 0 Å². The Labute approximate surface area is 94.8 Å². The fraction of sp³-hybridized carbons (Fsp3) is 0.286. The minimum Gasteiger partial charge on any atom is -0.255 e. The molecule has 1 unspecified atom stereocenters. The predicted molar refractivity (Wildman–Crippen MR) is 66.5 cm³/mol. The number of pyridine rings is 1. The highest BCUT2D eigenvalue weighted by atomic mass is 14.8. The first-order valence-corrected chi connectivity index (χ1v) is 5.65. The van der Waals surface area contributed by atoms with Gasteiger partial charge < -0.3 is 0 Å². The van der Waals surface area contributed by atoms with Crippen molar-refractivity contribution in [3.8, 4) is 0 Å². The third-order valence-electron chi connectivity index (χ3n) is 3.12. The molecular formula is C14H14N2. The van der Waals surface area contributed by atoms with E-state index in [0.717, 1.165) is 28.9 Å². The van der Waals surface area contributed by atoms with Gasteiger partial charge in [0.15, 0.2) is 0 Å². The molecule has 0 spiro atoms. The van der Waals surface area contributed by atoms with Crippen LogP contribution in [0.1, 0.15) is 19.0 Å². The standard InChI is InChI=1S/C14H14N2/c1-9-3-5-11-7-8-12-6-4-10(2)16-14(12)13(11)15-9/h3-7,12H,8H2,1-2H3. The Morgan fingerprint density at radius 3 is 3.00 bits per heavy atom. The van der Waals surface area contributed by atoms with E-state index in [9.17, 15) is 0 Å². The number of aryl methyl sites for hydroxylation is 1. The SMILES string of the molecule is CC1=NC2=c3nc(C)ccc3=CCC2C=C1. The summed E-state index contributed by atoms with van der Waals surface area (Å²) in [5.41, 5.74) is 3.27. The van der Waals surface area contributed by atoms with Crippen molar-refractivity contribution in [3.05, 3.63) is 40.5 Å². The molecule has 2 heterocycles. The highest BCUT2D eigenvalue weighted by Crippen LogP contribution is 2.23. The molecule has 1 atom stereocenters. The Morgan fingerprint density at radius 2 is 2.12 bits per heavy atom. The molecule has 1 aliphatic heterocycles. The molecule has 1 aromatic rings. The molecule has 16 heavy (non-hydrogen) atoms. The number of hydrogen-bond acceptors (Lipinski definition) is 2. The minimum atomic E-state index is 0.422. The van der Waals surface area contributed by atoms with Gasteiger partial charge in [0.25, 0.3) is 0 Å². The molecule has 0 N–H and O–H groups in total. The molecule has 1 aliphatic carbocycles. The summed E-state index contributed by atoms with van der Waals surface area (Å²) in [4.78, 5) is 9.27. The van der Waals surface area contributed by atoms with Crippen molar-refractivity contribution in [2.45, 2.75) is 20.3 Å². The molecule has 1 aromatic heterocycles. The van der Waals surface area contributed by atoms with E-state index in [2.05, 4.69) is 40.3 Å². The summed E-state index contributed by atoms with van der Waals surface area (Å²) in [7, 11) is 0. The van der Waals surface area contributed by atoms with Gasteiger partial charge in [-0.1, -0.05) is 18.2 Å². The van der Waals surface area contributed by atoms with Crippen molar-refractivity contribution in [2.75, 3.05) is 0 Å². The van der Waals surface area contributed by atoms with Crippen LogP contribution in [0.25, 0.3) is 11.8 Å². The molecule has 2 nitrogen and oxygen atoms in total. The minimum absolute atomic E-state index is 0.422. The number of hydrogen-bond donors (Lipinski definition) is 0. The molecule has 80 valence electrons. The molecule has 2 heteroatoms. The lowest BCUT2D eigenvalue weighted by atomic mass is 9.93. The van der Waals surface area contributed by atoms with Gasteiger partial charge in [-0.05, 0) is 37.6 Å². The van der Waals surface area contributed by atoms with E-state index < -0.39 is 0 Å². The second-order valence-electron chi connectivity index (χ2n) is 4.43. The number of aliphatic imine (C=N–C) groups is 1. The van der Waals surface area contributed by atoms with Crippen molar-refractivity contribution in [1.82, 2.24) is 4.98 Å². The van der Waals surface area contributed by atoms with E-state index in [1.807, 2.05) is 13.8 Å². The van der Waals surface area contributed by atoms with Crippen LogP contribution in [0.5, 0.6) is 0 Å². The van der Waals surface area contributed by atoms with Crippen molar-refractivity contribution in [1.29, 1.82) is 0 Å². The van der Waals surface area contributed by atoms with Crippen LogP contribution in [0.15, 0.2) is 29.3 Å². The average Bonchev–Trinajstić information content (AvgIpc) is 2.29. The summed E-state index contributed by atoms with van der Waals surface area (Å²) in [5.74, 6) is 0.422. The lowest BCUT2D eigenvalue weighted by Gasteiger charge is -2.19. The zero-order valence-corrected chi connectivity index (χ0v) is 9.57. The fourth-order valence-electron chi connectivity index (χ4n) is 2.27. The molecule has 0 bridgehead atoms. The van der Waals surface area contributed by atoms with Crippen molar-refractivity contribution >= 4 is 17.5 Å². The summed E-state index contributed by atoms with van der Waals surface area (Å²) in [6, 6.07) is 4.20. The zero-order valence-electron chi connectivity index (χ0n) is 9.57. The molecule has 3 rings (SSSR count). The highest BCUT2D eigenvalue weighted by Gasteiger charge is 2.18. The lowest BCUT2D eigenvalue weighted by Crippen LogP contribution is -2.36. The number of rotatable bonds is 0. The molecule has 0 aromatic carbocycles. The van der Waals surface area contributed by atoms with Crippen molar-refractivity contribution in [2.24, 2.45) is 10.9 Å². The van der Waals surface area contributed by atoms with Crippen LogP contribution in [0.4, 0.5) is 0 Å². The second kappa shape index (κ2) is 3.41. The second-order valence-corrected chi connectivity index (χ2v) is 4.43.